The van der Waals surface area contributed by atoms with Crippen molar-refractivity contribution in [2.45, 2.75) is 6.04 Å². The third-order valence-corrected chi connectivity index (χ3v) is 4.94. The molecule has 1 aliphatic rings. The molecule has 1 aliphatic heterocycles. The maximum atomic E-state index is 13.2. The summed E-state index contributed by atoms with van der Waals surface area (Å²) in [6.07, 6.45) is 0. The molecule has 7 heteroatoms. The van der Waals surface area contributed by atoms with Crippen LogP contribution in [0.5, 0.6) is 11.5 Å². The maximum Gasteiger partial charge on any atom is 0.290 e. The highest BCUT2D eigenvalue weighted by Gasteiger charge is 2.42. The molecule has 1 aromatic heterocycles. The molecule has 0 bridgehead atoms. The minimum Gasteiger partial charge on any atom is -0.493 e. The molecule has 144 valence electrons. The molecule has 7 nitrogen and oxygen atoms in total. The van der Waals surface area contributed by atoms with Gasteiger partial charge in [0, 0.05) is 6.54 Å². The van der Waals surface area contributed by atoms with E-state index in [1.165, 1.54) is 19.1 Å². The summed E-state index contributed by atoms with van der Waals surface area (Å²) in [5.74, 6) is 0.605. The molecule has 1 amide bonds. The van der Waals surface area contributed by atoms with Gasteiger partial charge in [-0.05, 0) is 29.8 Å². The first-order chi connectivity index (χ1) is 13.6. The van der Waals surface area contributed by atoms with Gasteiger partial charge in [0.25, 0.3) is 5.91 Å². The first-order valence-corrected chi connectivity index (χ1v) is 8.80. The van der Waals surface area contributed by atoms with Crippen molar-refractivity contribution in [3.8, 4) is 11.5 Å². The molecule has 1 atom stereocenters. The number of hydrogen-bond donors (Lipinski definition) is 1. The number of nitrogens with zero attached hydrogens (tertiary/aromatic N) is 1. The minimum atomic E-state index is -0.685. The molecule has 0 spiro atoms. The van der Waals surface area contributed by atoms with E-state index >= 15 is 0 Å². The molecule has 0 unspecified atom stereocenters. The summed E-state index contributed by atoms with van der Waals surface area (Å²) in [4.78, 5) is 27.6. The number of aliphatic hydroxyl groups is 1. The van der Waals surface area contributed by atoms with E-state index in [0.29, 0.717) is 28.0 Å². The van der Waals surface area contributed by atoms with Crippen LogP contribution in [-0.2, 0) is 0 Å². The fourth-order valence-electron chi connectivity index (χ4n) is 3.67. The topological polar surface area (TPSA) is 89.2 Å². The molecule has 1 N–H and O–H groups in total. The lowest BCUT2D eigenvalue weighted by Crippen LogP contribution is -2.32. The molecule has 28 heavy (non-hydrogen) atoms. The molecule has 0 aliphatic carbocycles. The second kappa shape index (κ2) is 7.01. The highest BCUT2D eigenvalue weighted by Crippen LogP contribution is 2.40. The molecular weight excluding hydrogens is 362 g/mol. The Bertz CT molecular complexity index is 1120. The molecule has 2 heterocycles. The quantitative estimate of drug-likeness (QED) is 0.730. The van der Waals surface area contributed by atoms with Crippen LogP contribution in [0.25, 0.3) is 11.0 Å². The van der Waals surface area contributed by atoms with Gasteiger partial charge in [-0.1, -0.05) is 18.2 Å². The summed E-state index contributed by atoms with van der Waals surface area (Å²) < 4.78 is 16.4. The molecule has 0 saturated carbocycles. The van der Waals surface area contributed by atoms with Gasteiger partial charge in [-0.25, -0.2) is 0 Å². The second-order valence-corrected chi connectivity index (χ2v) is 6.41. The van der Waals surface area contributed by atoms with Crippen molar-refractivity contribution in [2.75, 3.05) is 27.4 Å². The zero-order chi connectivity index (χ0) is 19.8. The number of carbonyl (C=O) groups is 1. The van der Waals surface area contributed by atoms with Gasteiger partial charge in [0.05, 0.1) is 37.8 Å². The average molecular weight is 381 g/mol. The highest BCUT2D eigenvalue weighted by atomic mass is 16.5. The van der Waals surface area contributed by atoms with Crippen molar-refractivity contribution in [2.24, 2.45) is 0 Å². The lowest BCUT2D eigenvalue weighted by atomic mass is 9.98. The summed E-state index contributed by atoms with van der Waals surface area (Å²) in [6, 6.07) is 11.4. The van der Waals surface area contributed by atoms with E-state index in [4.69, 9.17) is 13.9 Å². The van der Waals surface area contributed by atoms with Gasteiger partial charge in [0.15, 0.2) is 16.9 Å². The van der Waals surface area contributed by atoms with Crippen LogP contribution in [0.4, 0.5) is 0 Å². The number of rotatable bonds is 5. The Hall–Kier alpha value is -3.32. The lowest BCUT2D eigenvalue weighted by Gasteiger charge is -2.24. The Morgan fingerprint density at radius 2 is 1.82 bits per heavy atom. The van der Waals surface area contributed by atoms with E-state index in [1.54, 1.807) is 42.5 Å². The summed E-state index contributed by atoms with van der Waals surface area (Å²) in [5, 5.41) is 9.89. The van der Waals surface area contributed by atoms with E-state index in [1.807, 2.05) is 0 Å². The lowest BCUT2D eigenvalue weighted by molar-refractivity contribution is 0.0691. The van der Waals surface area contributed by atoms with Gasteiger partial charge in [0.1, 0.15) is 5.58 Å². The standard InChI is InChI=1S/C21H19NO6/c1-26-15-8-7-12(11-16(15)27-2)18-17-19(24)13-5-3-4-6-14(13)28-20(17)21(25)22(18)9-10-23/h3-8,11,18,23H,9-10H2,1-2H3/t18-/m0/s1. The predicted octanol–water partition coefficient (Wildman–Crippen LogP) is 2.35. The molecule has 0 fully saturated rings. The third-order valence-electron chi connectivity index (χ3n) is 4.94. The Kier molecular flexibility index (Phi) is 4.52. The van der Waals surface area contributed by atoms with Gasteiger partial charge in [-0.15, -0.1) is 0 Å². The van der Waals surface area contributed by atoms with Crippen molar-refractivity contribution in [1.29, 1.82) is 0 Å². The van der Waals surface area contributed by atoms with Crippen LogP contribution in [-0.4, -0.2) is 43.3 Å². The van der Waals surface area contributed by atoms with Crippen LogP contribution in [0.1, 0.15) is 27.7 Å². The average Bonchev–Trinajstić information content (AvgIpc) is 3.00. The highest BCUT2D eigenvalue weighted by molar-refractivity contribution is 5.99. The molecule has 0 radical (unpaired) electrons. The number of benzene rings is 2. The number of amides is 1. The molecule has 3 aromatic rings. The Morgan fingerprint density at radius 3 is 2.54 bits per heavy atom. The van der Waals surface area contributed by atoms with Gasteiger partial charge in [-0.2, -0.15) is 0 Å². The first kappa shape index (κ1) is 18.1. The number of hydrogen-bond acceptors (Lipinski definition) is 6. The number of para-hydroxylation sites is 1. The van der Waals surface area contributed by atoms with Gasteiger partial charge >= 0.3 is 0 Å². The summed E-state index contributed by atoms with van der Waals surface area (Å²) >= 11 is 0. The minimum absolute atomic E-state index is 0.0111. The maximum absolute atomic E-state index is 13.2. The SMILES string of the molecule is COc1ccc([C@H]2c3c(oc4ccccc4c3=O)C(=O)N2CCO)cc1OC. The Morgan fingerprint density at radius 1 is 1.07 bits per heavy atom. The van der Waals surface area contributed by atoms with Crippen molar-refractivity contribution in [1.82, 2.24) is 4.90 Å². The number of carbonyl (C=O) groups excluding carboxylic acids is 1. The third kappa shape index (κ3) is 2.63. The van der Waals surface area contributed by atoms with Gasteiger partial charge in [0.2, 0.25) is 5.76 Å². The van der Waals surface area contributed by atoms with Crippen LogP contribution < -0.4 is 14.9 Å². The normalized spacial score (nSPS) is 15.8. The fourth-order valence-corrected chi connectivity index (χ4v) is 3.67. The van der Waals surface area contributed by atoms with E-state index in [9.17, 15) is 14.7 Å². The van der Waals surface area contributed by atoms with Crippen molar-refractivity contribution in [3.63, 3.8) is 0 Å². The Labute approximate surface area is 160 Å². The molecule has 0 saturated heterocycles. The van der Waals surface area contributed by atoms with E-state index in [2.05, 4.69) is 0 Å². The first-order valence-electron chi connectivity index (χ1n) is 8.80. The monoisotopic (exact) mass is 381 g/mol. The zero-order valence-corrected chi connectivity index (χ0v) is 15.5. The zero-order valence-electron chi connectivity index (χ0n) is 15.5. The summed E-state index contributed by atoms with van der Waals surface area (Å²) in [7, 11) is 3.05. The summed E-state index contributed by atoms with van der Waals surface area (Å²) in [5.41, 5.74) is 1.03. The van der Waals surface area contributed by atoms with Crippen LogP contribution in [0.3, 0.4) is 0 Å². The van der Waals surface area contributed by atoms with Gasteiger partial charge in [-0.3, -0.25) is 9.59 Å². The van der Waals surface area contributed by atoms with E-state index in [-0.39, 0.29) is 29.9 Å². The van der Waals surface area contributed by atoms with Crippen molar-refractivity contribution >= 4 is 16.9 Å². The number of fused-ring (bicyclic) bond motifs is 2. The summed E-state index contributed by atoms with van der Waals surface area (Å²) in [6.45, 7) is -0.172. The Balaban J connectivity index is 1.98. The van der Waals surface area contributed by atoms with Crippen LogP contribution >= 0.6 is 0 Å². The molecule has 2 aromatic carbocycles. The van der Waals surface area contributed by atoms with Crippen LogP contribution in [0, 0.1) is 0 Å². The number of methoxy groups -OCH3 is 2. The van der Waals surface area contributed by atoms with Crippen LogP contribution in [0.15, 0.2) is 51.7 Å². The van der Waals surface area contributed by atoms with Crippen molar-refractivity contribution < 1.29 is 23.8 Å². The largest absolute Gasteiger partial charge is 0.493 e. The second-order valence-electron chi connectivity index (χ2n) is 6.41. The van der Waals surface area contributed by atoms with Gasteiger partial charge < -0.3 is 23.9 Å². The van der Waals surface area contributed by atoms with E-state index < -0.39 is 11.9 Å². The predicted molar refractivity (Wildman–Crippen MR) is 102 cm³/mol. The van der Waals surface area contributed by atoms with Crippen LogP contribution in [0.2, 0.25) is 0 Å². The number of β-amino-alcohol motifs (C(OH)–C–C–N with tert-alkyl or cyclic N) is 1. The smallest absolute Gasteiger partial charge is 0.290 e. The molecular formula is C21H19NO6. The molecule has 4 rings (SSSR count). The fraction of sp³-hybridized carbons (Fsp3) is 0.238. The van der Waals surface area contributed by atoms with E-state index in [0.717, 1.165) is 0 Å². The number of ether oxygens (including phenoxy) is 2. The van der Waals surface area contributed by atoms with Crippen molar-refractivity contribution in [3.05, 3.63) is 69.6 Å². The number of aliphatic hydroxyl groups excluding tert-OH is 1.